The highest BCUT2D eigenvalue weighted by Gasteiger charge is 2.35. The number of anilines is 2. The summed E-state index contributed by atoms with van der Waals surface area (Å²) < 4.78 is 13.6. The van der Waals surface area contributed by atoms with E-state index in [0.29, 0.717) is 5.69 Å². The molecule has 26 heavy (non-hydrogen) atoms. The first-order valence-electron chi connectivity index (χ1n) is 8.67. The van der Waals surface area contributed by atoms with Crippen LogP contribution in [0.2, 0.25) is 0 Å². The van der Waals surface area contributed by atoms with E-state index in [9.17, 15) is 4.55 Å². The van der Waals surface area contributed by atoms with Gasteiger partial charge in [-0.15, -0.1) is 0 Å². The molecule has 1 atom stereocenters. The number of nitrogens with zero attached hydrogens (tertiary/aromatic N) is 3. The molecule has 3 heterocycles. The number of nitrogen functional groups attached to an aromatic ring is 2. The predicted molar refractivity (Wildman–Crippen MR) is 108 cm³/mol. The fraction of sp³-hybridized carbons (Fsp3) is 0.389. The molecular weight excluding hydrogens is 366 g/mol. The normalized spacial score (nSPS) is 16.2. The van der Waals surface area contributed by atoms with Crippen LogP contribution in [0.5, 0.6) is 0 Å². The van der Waals surface area contributed by atoms with Crippen LogP contribution in [0.1, 0.15) is 44.6 Å². The minimum atomic E-state index is -1.05. The lowest BCUT2D eigenvalue weighted by Crippen LogP contribution is -2.28. The summed E-state index contributed by atoms with van der Waals surface area (Å²) in [5.74, 6) is 0.494. The van der Waals surface area contributed by atoms with Crippen molar-refractivity contribution < 1.29 is 4.55 Å². The molecule has 4 rings (SSSR count). The van der Waals surface area contributed by atoms with Crippen molar-refractivity contribution in [1.29, 1.82) is 0 Å². The van der Waals surface area contributed by atoms with Crippen LogP contribution in [0.3, 0.4) is 0 Å². The Morgan fingerprint density at radius 3 is 2.50 bits per heavy atom. The van der Waals surface area contributed by atoms with Crippen molar-refractivity contribution in [2.45, 2.75) is 48.5 Å². The van der Waals surface area contributed by atoms with Crippen molar-refractivity contribution in [3.05, 3.63) is 24.0 Å². The molecule has 8 heteroatoms. The molecule has 1 saturated carbocycles. The molecule has 0 unspecified atom stereocenters. The molecule has 0 aliphatic heterocycles. The lowest BCUT2D eigenvalue weighted by molar-refractivity contribution is 0.478. The van der Waals surface area contributed by atoms with Crippen LogP contribution < -0.4 is 11.5 Å². The van der Waals surface area contributed by atoms with Gasteiger partial charge >= 0.3 is 0 Å². The zero-order valence-electron chi connectivity index (χ0n) is 14.7. The monoisotopic (exact) mass is 387 g/mol. The van der Waals surface area contributed by atoms with E-state index in [2.05, 4.69) is 23.8 Å². The van der Waals surface area contributed by atoms with Gasteiger partial charge in [-0.1, -0.05) is 25.2 Å². The largest absolute Gasteiger partial charge is 0.611 e. The fourth-order valence-corrected chi connectivity index (χ4v) is 6.31. The van der Waals surface area contributed by atoms with E-state index in [4.69, 9.17) is 16.5 Å². The van der Waals surface area contributed by atoms with Gasteiger partial charge in [-0.25, -0.2) is 15.0 Å². The molecule has 136 valence electrons. The van der Waals surface area contributed by atoms with Gasteiger partial charge in [0, 0.05) is 34.5 Å². The highest BCUT2D eigenvalue weighted by molar-refractivity contribution is 7.94. The van der Waals surface area contributed by atoms with Gasteiger partial charge in [0.15, 0.2) is 0 Å². The molecule has 4 N–H and O–H groups in total. The minimum absolute atomic E-state index is 0.234. The Labute approximate surface area is 159 Å². The first-order chi connectivity index (χ1) is 12.5. The van der Waals surface area contributed by atoms with E-state index < -0.39 is 11.2 Å². The third-order valence-corrected chi connectivity index (χ3v) is 8.12. The van der Waals surface area contributed by atoms with Gasteiger partial charge in [0.2, 0.25) is 10.2 Å². The second kappa shape index (κ2) is 6.68. The minimum Gasteiger partial charge on any atom is -0.611 e. The molecule has 0 saturated heterocycles. The molecular formula is C18H21N5OS2. The Morgan fingerprint density at radius 1 is 1.23 bits per heavy atom. The van der Waals surface area contributed by atoms with Crippen LogP contribution in [0, 0.1) is 0 Å². The molecule has 1 fully saturated rings. The van der Waals surface area contributed by atoms with Crippen LogP contribution in [0.15, 0.2) is 22.7 Å². The number of pyridine rings is 1. The molecule has 0 spiro atoms. The predicted octanol–water partition coefficient (Wildman–Crippen LogP) is 3.70. The Kier molecular flexibility index (Phi) is 4.50. The molecule has 0 aromatic carbocycles. The Bertz CT molecular complexity index is 950. The topological polar surface area (TPSA) is 114 Å². The van der Waals surface area contributed by atoms with Crippen LogP contribution in [-0.4, -0.2) is 24.8 Å². The van der Waals surface area contributed by atoms with Crippen molar-refractivity contribution >= 4 is 44.4 Å². The molecule has 1 aliphatic rings. The van der Waals surface area contributed by atoms with Crippen LogP contribution in [0.4, 0.5) is 11.6 Å². The van der Waals surface area contributed by atoms with Crippen molar-refractivity contribution in [2.75, 3.05) is 11.5 Å². The summed E-state index contributed by atoms with van der Waals surface area (Å²) in [6.07, 6.45) is 6.52. The van der Waals surface area contributed by atoms with E-state index >= 15 is 0 Å². The van der Waals surface area contributed by atoms with E-state index in [1.54, 1.807) is 12.4 Å². The molecule has 0 bridgehead atoms. The van der Waals surface area contributed by atoms with Gasteiger partial charge in [0.05, 0.1) is 5.69 Å². The lowest BCUT2D eigenvalue weighted by atomic mass is 9.98. The van der Waals surface area contributed by atoms with Crippen LogP contribution in [0.25, 0.3) is 21.5 Å². The van der Waals surface area contributed by atoms with E-state index in [1.165, 1.54) is 11.3 Å². The third-order valence-electron chi connectivity index (χ3n) is 4.82. The van der Waals surface area contributed by atoms with Crippen molar-refractivity contribution in [3.8, 4) is 11.3 Å². The summed E-state index contributed by atoms with van der Waals surface area (Å²) in [7, 11) is 0. The average molecular weight is 388 g/mol. The van der Waals surface area contributed by atoms with E-state index in [1.807, 2.05) is 6.07 Å². The highest BCUT2D eigenvalue weighted by Crippen LogP contribution is 2.44. The van der Waals surface area contributed by atoms with Gasteiger partial charge in [-0.3, -0.25) is 0 Å². The second-order valence-corrected chi connectivity index (χ2v) is 9.84. The molecule has 1 aliphatic carbocycles. The maximum atomic E-state index is 12.9. The SMILES string of the molecule is CC(C)c1cc(-c2cnc(N)nc2)nc2sc([S@@+]([O-])C3CCC3)c(N)c12. The van der Waals surface area contributed by atoms with Crippen molar-refractivity contribution in [3.63, 3.8) is 0 Å². The average Bonchev–Trinajstić information content (AvgIpc) is 2.90. The Morgan fingerprint density at radius 2 is 1.92 bits per heavy atom. The maximum absolute atomic E-state index is 12.9. The molecule has 3 aromatic heterocycles. The first-order valence-corrected chi connectivity index (χ1v) is 10.7. The van der Waals surface area contributed by atoms with Gasteiger partial charge < -0.3 is 16.0 Å². The van der Waals surface area contributed by atoms with E-state index in [0.717, 1.165) is 50.5 Å². The number of aromatic nitrogens is 3. The Balaban J connectivity index is 1.88. The molecule has 0 amide bonds. The number of rotatable bonds is 4. The van der Waals surface area contributed by atoms with Crippen LogP contribution >= 0.6 is 11.3 Å². The smallest absolute Gasteiger partial charge is 0.232 e. The van der Waals surface area contributed by atoms with Crippen LogP contribution in [-0.2, 0) is 11.2 Å². The Hall–Kier alpha value is -1.90. The maximum Gasteiger partial charge on any atom is 0.232 e. The number of nitrogens with two attached hydrogens (primary N) is 2. The molecule has 0 radical (unpaired) electrons. The molecule has 3 aromatic rings. The summed E-state index contributed by atoms with van der Waals surface area (Å²) in [5.41, 5.74) is 15.3. The number of fused-ring (bicyclic) bond motifs is 1. The molecule has 6 nitrogen and oxygen atoms in total. The quantitative estimate of drug-likeness (QED) is 0.660. The lowest BCUT2D eigenvalue weighted by Gasteiger charge is -2.27. The summed E-state index contributed by atoms with van der Waals surface area (Å²) in [5, 5.41) is 1.17. The van der Waals surface area contributed by atoms with Gasteiger partial charge in [0.25, 0.3) is 0 Å². The summed E-state index contributed by atoms with van der Waals surface area (Å²) >= 11 is 0.402. The fourth-order valence-electron chi connectivity index (χ4n) is 3.09. The number of hydrogen-bond donors (Lipinski definition) is 2. The van der Waals surface area contributed by atoms with Crippen molar-refractivity contribution in [1.82, 2.24) is 15.0 Å². The second-order valence-electron chi connectivity index (χ2n) is 6.92. The van der Waals surface area contributed by atoms with E-state index in [-0.39, 0.29) is 17.1 Å². The third kappa shape index (κ3) is 2.91. The zero-order valence-corrected chi connectivity index (χ0v) is 16.4. The van der Waals surface area contributed by atoms with Crippen molar-refractivity contribution in [2.24, 2.45) is 0 Å². The number of hydrogen-bond acceptors (Lipinski definition) is 7. The zero-order chi connectivity index (χ0) is 18.4. The van der Waals surface area contributed by atoms with Gasteiger partial charge in [0.1, 0.15) is 15.8 Å². The summed E-state index contributed by atoms with van der Waals surface area (Å²) in [6, 6.07) is 2.03. The summed E-state index contributed by atoms with van der Waals surface area (Å²) in [6.45, 7) is 4.25. The number of thiophene rings is 1. The first kappa shape index (κ1) is 17.5. The van der Waals surface area contributed by atoms with Gasteiger partial charge in [-0.05, 0) is 36.8 Å². The standard InChI is InChI=1S/C18H21N5OS2/c1-9(2)12-6-13(10-7-21-18(20)22-8-10)23-16-14(12)15(19)17(25-16)26(24)11-4-3-5-11/h6-9,11H,3-5,19H2,1-2H3,(H2,20,21,22)/t26-/m0/s1. The highest BCUT2D eigenvalue weighted by atomic mass is 32.2. The summed E-state index contributed by atoms with van der Waals surface area (Å²) in [4.78, 5) is 13.7. The van der Waals surface area contributed by atoms with Gasteiger partial charge in [-0.2, -0.15) is 0 Å².